The normalized spacial score (nSPS) is 11.2. The summed E-state index contributed by atoms with van der Waals surface area (Å²) in [5, 5.41) is 13.4. The molecule has 0 fully saturated rings. The maximum Gasteiger partial charge on any atom is 0.253 e. The average Bonchev–Trinajstić information content (AvgIpc) is 3.58. The second-order valence-corrected chi connectivity index (χ2v) is 9.55. The van der Waals surface area contributed by atoms with Crippen LogP contribution in [0.1, 0.15) is 49.7 Å². The van der Waals surface area contributed by atoms with E-state index in [0.717, 1.165) is 22.2 Å². The van der Waals surface area contributed by atoms with Crippen LogP contribution in [0.25, 0.3) is 15.9 Å². The molecule has 0 radical (unpaired) electrons. The lowest BCUT2D eigenvalue weighted by molar-refractivity contribution is 0.0950. The molecular formula is C26H22ClN5O2S. The number of hydrogen-bond donors (Lipinski definition) is 2. The van der Waals surface area contributed by atoms with Crippen molar-refractivity contribution in [3.8, 4) is 5.00 Å². The molecule has 0 saturated heterocycles. The third kappa shape index (κ3) is 4.26. The van der Waals surface area contributed by atoms with E-state index in [1.807, 2.05) is 48.7 Å². The maximum atomic E-state index is 13.5. The highest BCUT2D eigenvalue weighted by atomic mass is 35.5. The fourth-order valence-electron chi connectivity index (χ4n) is 4.02. The molecule has 2 N–H and O–H groups in total. The molecule has 0 aliphatic heterocycles. The number of aromatic nitrogens is 4. The number of carbonyl (C=O) groups is 2. The molecular weight excluding hydrogens is 482 g/mol. The summed E-state index contributed by atoms with van der Waals surface area (Å²) in [6.45, 7) is 4.02. The summed E-state index contributed by atoms with van der Waals surface area (Å²) in [7, 11) is 0. The van der Waals surface area contributed by atoms with Crippen LogP contribution in [0, 0.1) is 6.92 Å². The summed E-state index contributed by atoms with van der Waals surface area (Å²) in [5.41, 5.74) is 2.43. The van der Waals surface area contributed by atoms with Crippen LogP contribution in [0.2, 0.25) is 5.02 Å². The molecule has 0 spiro atoms. The predicted molar refractivity (Wildman–Crippen MR) is 138 cm³/mol. The minimum Gasteiger partial charge on any atom is -0.360 e. The Labute approximate surface area is 210 Å². The van der Waals surface area contributed by atoms with Gasteiger partial charge in [0.05, 0.1) is 22.7 Å². The fraction of sp³-hybridized carbons (Fsp3) is 0.154. The number of ketones is 1. The zero-order valence-corrected chi connectivity index (χ0v) is 20.7. The lowest BCUT2D eigenvalue weighted by atomic mass is 10.0. The van der Waals surface area contributed by atoms with Crippen molar-refractivity contribution in [3.05, 3.63) is 99.0 Å². The van der Waals surface area contributed by atoms with Crippen LogP contribution in [-0.2, 0) is 13.0 Å². The van der Waals surface area contributed by atoms with Crippen molar-refractivity contribution in [1.82, 2.24) is 25.1 Å². The van der Waals surface area contributed by atoms with Crippen LogP contribution in [0.4, 0.5) is 0 Å². The van der Waals surface area contributed by atoms with Gasteiger partial charge in [0.2, 0.25) is 0 Å². The van der Waals surface area contributed by atoms with Gasteiger partial charge in [-0.25, -0.2) is 0 Å². The van der Waals surface area contributed by atoms with E-state index in [4.69, 9.17) is 11.6 Å². The van der Waals surface area contributed by atoms with E-state index in [9.17, 15) is 9.59 Å². The first-order valence-electron chi connectivity index (χ1n) is 11.2. The molecule has 1 amide bonds. The molecule has 0 unspecified atom stereocenters. The van der Waals surface area contributed by atoms with Crippen molar-refractivity contribution in [2.24, 2.45) is 0 Å². The van der Waals surface area contributed by atoms with E-state index in [0.29, 0.717) is 38.4 Å². The number of benzene rings is 2. The number of para-hydroxylation sites is 1. The summed E-state index contributed by atoms with van der Waals surface area (Å²) < 4.78 is 1.84. The van der Waals surface area contributed by atoms with Crippen LogP contribution < -0.4 is 5.32 Å². The summed E-state index contributed by atoms with van der Waals surface area (Å²) in [6.07, 6.45) is 2.48. The maximum absolute atomic E-state index is 13.5. The highest BCUT2D eigenvalue weighted by Gasteiger charge is 2.24. The van der Waals surface area contributed by atoms with E-state index >= 15 is 0 Å². The molecule has 0 saturated carbocycles. The quantitative estimate of drug-likeness (QED) is 0.287. The molecule has 0 aliphatic carbocycles. The van der Waals surface area contributed by atoms with Gasteiger partial charge in [0.15, 0.2) is 11.6 Å². The highest BCUT2D eigenvalue weighted by molar-refractivity contribution is 7.15. The van der Waals surface area contributed by atoms with Crippen molar-refractivity contribution in [3.63, 3.8) is 0 Å². The second kappa shape index (κ2) is 9.48. The van der Waals surface area contributed by atoms with E-state index < -0.39 is 0 Å². The monoisotopic (exact) mass is 503 g/mol. The van der Waals surface area contributed by atoms with Crippen molar-refractivity contribution in [1.29, 1.82) is 0 Å². The van der Waals surface area contributed by atoms with Crippen LogP contribution in [0.15, 0.2) is 60.8 Å². The van der Waals surface area contributed by atoms with Crippen molar-refractivity contribution < 1.29 is 9.59 Å². The number of nitrogens with zero attached hydrogens (tertiary/aromatic N) is 3. The van der Waals surface area contributed by atoms with Gasteiger partial charge in [0.1, 0.15) is 10.8 Å². The Balaban J connectivity index is 1.48. The van der Waals surface area contributed by atoms with E-state index in [1.54, 1.807) is 30.5 Å². The summed E-state index contributed by atoms with van der Waals surface area (Å²) in [6, 6.07) is 16.6. The Morgan fingerprint density at radius 1 is 1.06 bits per heavy atom. The Morgan fingerprint density at radius 2 is 1.83 bits per heavy atom. The SMILES string of the molecule is CCc1cc(C(=O)c2ccccc2Cl)c(-n2c(C)nnc2CNC(=O)c2c[nH]c3ccccc23)s1. The van der Waals surface area contributed by atoms with Crippen molar-refractivity contribution in [2.45, 2.75) is 26.8 Å². The first-order chi connectivity index (χ1) is 17.0. The van der Waals surface area contributed by atoms with Crippen LogP contribution >= 0.6 is 22.9 Å². The van der Waals surface area contributed by atoms with Gasteiger partial charge in [-0.3, -0.25) is 14.2 Å². The first-order valence-corrected chi connectivity index (χ1v) is 12.3. The first kappa shape index (κ1) is 23.0. The minimum atomic E-state index is -0.220. The Kier molecular flexibility index (Phi) is 6.23. The molecule has 35 heavy (non-hydrogen) atoms. The molecule has 5 rings (SSSR count). The van der Waals surface area contributed by atoms with E-state index in [1.165, 1.54) is 11.3 Å². The topological polar surface area (TPSA) is 92.7 Å². The molecule has 0 bridgehead atoms. The predicted octanol–water partition coefficient (Wildman–Crippen LogP) is 5.50. The van der Waals surface area contributed by atoms with Crippen molar-refractivity contribution >= 4 is 45.5 Å². The summed E-state index contributed by atoms with van der Waals surface area (Å²) in [4.78, 5) is 30.6. The zero-order valence-electron chi connectivity index (χ0n) is 19.1. The molecule has 176 valence electrons. The highest BCUT2D eigenvalue weighted by Crippen LogP contribution is 2.32. The van der Waals surface area contributed by atoms with Gasteiger partial charge in [0, 0.05) is 27.5 Å². The lowest BCUT2D eigenvalue weighted by Gasteiger charge is -2.10. The number of halogens is 1. The second-order valence-electron chi connectivity index (χ2n) is 8.02. The minimum absolute atomic E-state index is 0.151. The molecule has 7 nitrogen and oxygen atoms in total. The van der Waals surface area contributed by atoms with E-state index in [-0.39, 0.29) is 18.2 Å². The van der Waals surface area contributed by atoms with Gasteiger partial charge in [-0.15, -0.1) is 21.5 Å². The Bertz CT molecular complexity index is 1570. The number of carbonyl (C=O) groups excluding carboxylic acids is 2. The molecule has 3 aromatic heterocycles. The number of nitrogens with one attached hydrogen (secondary N) is 2. The number of hydrogen-bond acceptors (Lipinski definition) is 5. The molecule has 0 atom stereocenters. The molecule has 9 heteroatoms. The third-order valence-corrected chi connectivity index (χ3v) is 7.41. The van der Waals surface area contributed by atoms with Crippen LogP contribution in [-0.4, -0.2) is 31.4 Å². The lowest BCUT2D eigenvalue weighted by Crippen LogP contribution is -2.24. The number of rotatable bonds is 7. The van der Waals surface area contributed by atoms with Gasteiger partial charge >= 0.3 is 0 Å². The molecule has 3 heterocycles. The largest absolute Gasteiger partial charge is 0.360 e. The zero-order chi connectivity index (χ0) is 24.5. The summed E-state index contributed by atoms with van der Waals surface area (Å²) in [5.74, 6) is 0.776. The molecule has 2 aromatic carbocycles. The number of H-pyrrole nitrogens is 1. The number of fused-ring (bicyclic) bond motifs is 1. The van der Waals surface area contributed by atoms with Crippen molar-refractivity contribution in [2.75, 3.05) is 0 Å². The Hall–Kier alpha value is -3.75. The van der Waals surface area contributed by atoms with Gasteiger partial charge in [0.25, 0.3) is 5.91 Å². The van der Waals surface area contributed by atoms with Gasteiger partial charge in [-0.2, -0.15) is 0 Å². The fourth-order valence-corrected chi connectivity index (χ4v) is 5.40. The molecule has 5 aromatic rings. The van der Waals surface area contributed by atoms with Gasteiger partial charge < -0.3 is 10.3 Å². The number of aryl methyl sites for hydroxylation is 2. The van der Waals surface area contributed by atoms with Crippen LogP contribution in [0.3, 0.4) is 0 Å². The summed E-state index contributed by atoms with van der Waals surface area (Å²) >= 11 is 7.84. The number of thiophene rings is 1. The Morgan fingerprint density at radius 3 is 2.63 bits per heavy atom. The van der Waals surface area contributed by atoms with Crippen LogP contribution in [0.5, 0.6) is 0 Å². The average molecular weight is 504 g/mol. The van der Waals surface area contributed by atoms with E-state index in [2.05, 4.69) is 20.5 Å². The number of aromatic amines is 1. The molecule has 0 aliphatic rings. The smallest absolute Gasteiger partial charge is 0.253 e. The number of amides is 1. The van der Waals surface area contributed by atoms with Gasteiger partial charge in [-0.05, 0) is 37.6 Å². The van der Waals surface area contributed by atoms with Gasteiger partial charge in [-0.1, -0.05) is 48.9 Å². The standard InChI is InChI=1S/C26H22ClN5O2S/c1-3-16-12-19(24(33)18-9-4-6-10-21(18)27)26(35-16)32-15(2)30-31-23(32)14-29-25(34)20-13-28-22-11-7-5-8-17(20)22/h4-13,28H,3,14H2,1-2H3,(H,29,34). The third-order valence-electron chi connectivity index (χ3n) is 5.81.